The lowest BCUT2D eigenvalue weighted by molar-refractivity contribution is -0.137. The fourth-order valence-electron chi connectivity index (χ4n) is 2.66. The van der Waals surface area contributed by atoms with E-state index >= 15 is 0 Å². The minimum absolute atomic E-state index is 0.0746. The van der Waals surface area contributed by atoms with Crippen LogP contribution in [0.25, 0.3) is 0 Å². The van der Waals surface area contributed by atoms with Gasteiger partial charge in [0.1, 0.15) is 5.75 Å². The van der Waals surface area contributed by atoms with E-state index in [1.54, 1.807) is 13.8 Å². The zero-order chi connectivity index (χ0) is 20.3. The largest absolute Gasteiger partial charge is 0.471 e. The molecule has 28 heavy (non-hydrogen) atoms. The number of thiophene rings is 1. The summed E-state index contributed by atoms with van der Waals surface area (Å²) in [4.78, 5) is 13.2. The maximum atomic E-state index is 12.8. The Morgan fingerprint density at radius 3 is 2.71 bits per heavy atom. The minimum Gasteiger partial charge on any atom is -0.471 e. The van der Waals surface area contributed by atoms with E-state index in [0.29, 0.717) is 17.1 Å². The first-order chi connectivity index (χ1) is 13.2. The highest BCUT2D eigenvalue weighted by Gasteiger charge is 2.30. The maximum Gasteiger partial charge on any atom is 0.416 e. The van der Waals surface area contributed by atoms with Crippen LogP contribution >= 0.6 is 11.3 Å². The number of hydrogen-bond donors (Lipinski definition) is 1. The van der Waals surface area contributed by atoms with Gasteiger partial charge in [-0.2, -0.15) is 18.3 Å². The highest BCUT2D eigenvalue weighted by molar-refractivity contribution is 7.10. The van der Waals surface area contributed by atoms with Gasteiger partial charge in [0, 0.05) is 4.88 Å². The zero-order valence-electron chi connectivity index (χ0n) is 15.2. The third kappa shape index (κ3) is 4.72. The number of hydrogen-bond acceptors (Lipinski definition) is 4. The molecule has 1 aromatic carbocycles. The summed E-state index contributed by atoms with van der Waals surface area (Å²) in [6.45, 7) is 3.43. The summed E-state index contributed by atoms with van der Waals surface area (Å²) in [6, 6.07) is 8.43. The predicted molar refractivity (Wildman–Crippen MR) is 100 cm³/mol. The molecule has 148 valence electrons. The number of halogens is 3. The number of benzene rings is 1. The monoisotopic (exact) mass is 409 g/mol. The molecule has 5 nitrogen and oxygen atoms in total. The molecule has 0 spiro atoms. The third-order valence-electron chi connectivity index (χ3n) is 4.08. The number of anilines is 1. The summed E-state index contributed by atoms with van der Waals surface area (Å²) in [5.74, 6) is -0.0716. The molecule has 3 aromatic rings. The molecule has 0 aliphatic rings. The normalized spacial score (nSPS) is 11.5. The molecule has 2 heterocycles. The van der Waals surface area contributed by atoms with Crippen molar-refractivity contribution in [2.24, 2.45) is 0 Å². The van der Waals surface area contributed by atoms with E-state index in [4.69, 9.17) is 4.74 Å². The van der Waals surface area contributed by atoms with Gasteiger partial charge in [-0.05, 0) is 43.5 Å². The first kappa shape index (κ1) is 19.9. The standard InChI is InChI=1S/C19H18F3N3O2S/c1-12-18(23-17(26)10-16-7-4-8-28-16)13(2)25(24-12)11-27-15-6-3-5-14(9-15)19(20,21)22/h3-9H,10-11H2,1-2H3,(H,23,26). The Labute approximate surface area is 163 Å². The number of aryl methyl sites for hydroxylation is 1. The van der Waals surface area contributed by atoms with Gasteiger partial charge in [-0.3, -0.25) is 4.79 Å². The first-order valence-electron chi connectivity index (χ1n) is 8.40. The average molecular weight is 409 g/mol. The highest BCUT2D eigenvalue weighted by atomic mass is 32.1. The van der Waals surface area contributed by atoms with Crippen LogP contribution in [0.5, 0.6) is 5.75 Å². The molecule has 0 fully saturated rings. The predicted octanol–water partition coefficient (Wildman–Crippen LogP) is 4.80. The van der Waals surface area contributed by atoms with Crippen molar-refractivity contribution < 1.29 is 22.7 Å². The van der Waals surface area contributed by atoms with Gasteiger partial charge in [0.15, 0.2) is 6.73 Å². The molecule has 0 bridgehead atoms. The van der Waals surface area contributed by atoms with E-state index in [-0.39, 0.29) is 24.8 Å². The average Bonchev–Trinajstić information content (AvgIpc) is 3.23. The van der Waals surface area contributed by atoms with Crippen molar-refractivity contribution in [3.05, 3.63) is 63.6 Å². The molecule has 0 aliphatic carbocycles. The van der Waals surface area contributed by atoms with Crippen LogP contribution in [0, 0.1) is 13.8 Å². The van der Waals surface area contributed by atoms with Gasteiger partial charge in [-0.15, -0.1) is 11.3 Å². The van der Waals surface area contributed by atoms with E-state index in [1.165, 1.54) is 28.2 Å². The molecule has 1 N–H and O–H groups in total. The van der Waals surface area contributed by atoms with Gasteiger partial charge < -0.3 is 10.1 Å². The second-order valence-corrected chi connectivity index (χ2v) is 7.18. The number of carbonyl (C=O) groups excluding carboxylic acids is 1. The smallest absolute Gasteiger partial charge is 0.416 e. The van der Waals surface area contributed by atoms with E-state index in [2.05, 4.69) is 10.4 Å². The molecule has 0 atom stereocenters. The quantitative estimate of drug-likeness (QED) is 0.636. The molecular formula is C19H18F3N3O2S. The number of ether oxygens (including phenoxy) is 1. The second-order valence-electron chi connectivity index (χ2n) is 6.15. The van der Waals surface area contributed by atoms with E-state index in [9.17, 15) is 18.0 Å². The Kier molecular flexibility index (Phi) is 5.73. The lowest BCUT2D eigenvalue weighted by Crippen LogP contribution is -2.15. The van der Waals surface area contributed by atoms with Crippen molar-refractivity contribution in [2.45, 2.75) is 33.2 Å². The van der Waals surface area contributed by atoms with Crippen molar-refractivity contribution in [1.29, 1.82) is 0 Å². The van der Waals surface area contributed by atoms with E-state index in [0.717, 1.165) is 17.0 Å². The number of rotatable bonds is 6. The fraction of sp³-hybridized carbons (Fsp3) is 0.263. The van der Waals surface area contributed by atoms with Crippen LogP contribution < -0.4 is 10.1 Å². The summed E-state index contributed by atoms with van der Waals surface area (Å²) in [5.41, 5.74) is 1.06. The van der Waals surface area contributed by atoms with Crippen LogP contribution in [-0.4, -0.2) is 15.7 Å². The zero-order valence-corrected chi connectivity index (χ0v) is 16.0. The van der Waals surface area contributed by atoms with Gasteiger partial charge >= 0.3 is 6.18 Å². The Bertz CT molecular complexity index is 965. The van der Waals surface area contributed by atoms with E-state index < -0.39 is 11.7 Å². The Balaban J connectivity index is 1.67. The third-order valence-corrected chi connectivity index (χ3v) is 4.95. The summed E-state index contributed by atoms with van der Waals surface area (Å²) in [6.07, 6.45) is -4.17. The molecule has 0 saturated carbocycles. The van der Waals surface area contributed by atoms with Crippen LogP contribution in [0.3, 0.4) is 0 Å². The minimum atomic E-state index is -4.43. The maximum absolute atomic E-state index is 12.8. The van der Waals surface area contributed by atoms with Gasteiger partial charge in [0.25, 0.3) is 0 Å². The number of amides is 1. The Morgan fingerprint density at radius 2 is 2.04 bits per heavy atom. The molecule has 3 rings (SSSR count). The molecule has 0 radical (unpaired) electrons. The Hall–Kier alpha value is -2.81. The van der Waals surface area contributed by atoms with Crippen LogP contribution in [0.4, 0.5) is 18.9 Å². The molecule has 0 unspecified atom stereocenters. The number of aromatic nitrogens is 2. The van der Waals surface area contributed by atoms with Crippen LogP contribution in [-0.2, 0) is 24.1 Å². The number of nitrogens with zero attached hydrogens (tertiary/aromatic N) is 2. The molecular weight excluding hydrogens is 391 g/mol. The summed E-state index contributed by atoms with van der Waals surface area (Å²) < 4.78 is 45.3. The fourth-order valence-corrected chi connectivity index (χ4v) is 3.36. The van der Waals surface area contributed by atoms with Crippen molar-refractivity contribution in [1.82, 2.24) is 9.78 Å². The summed E-state index contributed by atoms with van der Waals surface area (Å²) in [7, 11) is 0. The van der Waals surface area contributed by atoms with Crippen molar-refractivity contribution >= 4 is 22.9 Å². The number of alkyl halides is 3. The van der Waals surface area contributed by atoms with Crippen molar-refractivity contribution in [2.75, 3.05) is 5.32 Å². The van der Waals surface area contributed by atoms with Crippen LogP contribution in [0.1, 0.15) is 21.8 Å². The first-order valence-corrected chi connectivity index (χ1v) is 9.28. The van der Waals surface area contributed by atoms with Gasteiger partial charge in [0.05, 0.1) is 29.1 Å². The Morgan fingerprint density at radius 1 is 1.25 bits per heavy atom. The molecule has 2 aromatic heterocycles. The number of nitrogens with one attached hydrogen (secondary N) is 1. The van der Waals surface area contributed by atoms with Gasteiger partial charge in [0.2, 0.25) is 5.91 Å². The number of carbonyl (C=O) groups is 1. The SMILES string of the molecule is Cc1nn(COc2cccc(C(F)(F)F)c2)c(C)c1NC(=O)Cc1cccs1. The van der Waals surface area contributed by atoms with Crippen LogP contribution in [0.15, 0.2) is 41.8 Å². The highest BCUT2D eigenvalue weighted by Crippen LogP contribution is 2.31. The molecule has 1 amide bonds. The lowest BCUT2D eigenvalue weighted by Gasteiger charge is -2.11. The van der Waals surface area contributed by atoms with Crippen molar-refractivity contribution in [3.8, 4) is 5.75 Å². The van der Waals surface area contributed by atoms with Gasteiger partial charge in [-0.1, -0.05) is 12.1 Å². The van der Waals surface area contributed by atoms with E-state index in [1.807, 2.05) is 17.5 Å². The lowest BCUT2D eigenvalue weighted by atomic mass is 10.2. The molecule has 9 heteroatoms. The van der Waals surface area contributed by atoms with Gasteiger partial charge in [-0.25, -0.2) is 4.68 Å². The van der Waals surface area contributed by atoms with Crippen LogP contribution in [0.2, 0.25) is 0 Å². The molecule has 0 aliphatic heterocycles. The topological polar surface area (TPSA) is 56.1 Å². The molecule has 0 saturated heterocycles. The summed E-state index contributed by atoms with van der Waals surface area (Å²) >= 11 is 1.50. The van der Waals surface area contributed by atoms with Crippen molar-refractivity contribution in [3.63, 3.8) is 0 Å². The summed E-state index contributed by atoms with van der Waals surface area (Å²) in [5, 5.41) is 9.05. The second kappa shape index (κ2) is 8.05.